The zero-order chi connectivity index (χ0) is 33.3. The number of amides is 3. The second-order valence-corrected chi connectivity index (χ2v) is 12.6. The van der Waals surface area contributed by atoms with Gasteiger partial charge in [-0.2, -0.15) is 5.21 Å². The zero-order valence-corrected chi connectivity index (χ0v) is 28.1. The lowest BCUT2D eigenvalue weighted by atomic mass is 9.81. The van der Waals surface area contributed by atoms with Gasteiger partial charge in [-0.25, -0.2) is 0 Å². The SMILES string of the molecule is Cl.NCC1CCC(C(=O)N[C@@H](Cc2ccc(-c3ccccc3NC(=O)C3CCOCC3)cc2)C(=O)Nc2ccc(-c3nn[nH]n3)cc2)CC1. The number of nitrogens with one attached hydrogen (secondary N) is 4. The summed E-state index contributed by atoms with van der Waals surface area (Å²) < 4.78 is 5.41. The number of anilines is 2. The number of para-hydroxylation sites is 1. The van der Waals surface area contributed by atoms with Gasteiger partial charge in [-0.05, 0) is 97.7 Å². The standard InChI is InChI=1S/C36H42N8O4.ClH/c37-22-24-7-11-27(12-8-24)34(45)40-32(36(47)38-29-15-13-26(14-16-29)33-41-43-44-42-33)21-23-5-9-25(10-6-23)30-3-1-2-4-31(30)39-35(46)28-17-19-48-20-18-28;/h1-6,9-10,13-16,24,27-28,32H,7-8,11-12,17-22,37H2,(H,38,47)(H,39,46)(H,40,45)(H,41,42,43,44);1H/t24?,27?,32-;/m0./s1. The van der Waals surface area contributed by atoms with E-state index in [1.807, 2.05) is 48.5 Å². The number of ether oxygens (including phenoxy) is 1. The van der Waals surface area contributed by atoms with E-state index in [0.717, 1.165) is 53.6 Å². The van der Waals surface area contributed by atoms with Gasteiger partial charge in [0.05, 0.1) is 0 Å². The Morgan fingerprint density at radius 1 is 0.816 bits per heavy atom. The zero-order valence-electron chi connectivity index (χ0n) is 27.3. The number of hydrogen-bond acceptors (Lipinski definition) is 8. The minimum atomic E-state index is -0.793. The topological polar surface area (TPSA) is 177 Å². The minimum absolute atomic E-state index is 0. The third-order valence-corrected chi connectivity index (χ3v) is 9.42. The molecule has 0 radical (unpaired) electrons. The molecule has 0 unspecified atom stereocenters. The number of carbonyl (C=O) groups is 3. The maximum Gasteiger partial charge on any atom is 0.247 e. The monoisotopic (exact) mass is 686 g/mol. The summed E-state index contributed by atoms with van der Waals surface area (Å²) in [5.41, 5.74) is 10.7. The molecule has 13 heteroatoms. The van der Waals surface area contributed by atoms with Crippen molar-refractivity contribution in [2.75, 3.05) is 30.4 Å². The molecule has 0 spiro atoms. The average molecular weight is 687 g/mol. The molecule has 1 atom stereocenters. The van der Waals surface area contributed by atoms with Crippen molar-refractivity contribution in [3.8, 4) is 22.5 Å². The van der Waals surface area contributed by atoms with E-state index < -0.39 is 6.04 Å². The molecule has 0 bridgehead atoms. The lowest BCUT2D eigenvalue weighted by molar-refractivity contribution is -0.130. The van der Waals surface area contributed by atoms with E-state index in [2.05, 4.69) is 36.6 Å². The molecule has 4 aromatic rings. The number of nitrogens with zero attached hydrogens (tertiary/aromatic N) is 3. The van der Waals surface area contributed by atoms with Crippen molar-refractivity contribution < 1.29 is 19.1 Å². The van der Waals surface area contributed by atoms with Crippen LogP contribution < -0.4 is 21.7 Å². The summed E-state index contributed by atoms with van der Waals surface area (Å²) in [6, 6.07) is 22.0. The number of nitrogens with two attached hydrogens (primary N) is 1. The summed E-state index contributed by atoms with van der Waals surface area (Å²) in [6.07, 6.45) is 5.09. The number of carbonyl (C=O) groups excluding carboxylic acids is 3. The van der Waals surface area contributed by atoms with Crippen LogP contribution in [0, 0.1) is 17.8 Å². The van der Waals surface area contributed by atoms with Crippen molar-refractivity contribution in [1.82, 2.24) is 25.9 Å². The molecule has 1 aliphatic carbocycles. The Balaban J connectivity index is 0.00000468. The lowest BCUT2D eigenvalue weighted by Gasteiger charge is -2.28. The van der Waals surface area contributed by atoms with Crippen LogP contribution in [0.15, 0.2) is 72.8 Å². The predicted molar refractivity (Wildman–Crippen MR) is 190 cm³/mol. The number of hydrogen-bond donors (Lipinski definition) is 5. The van der Waals surface area contributed by atoms with E-state index in [1.54, 1.807) is 24.3 Å². The number of tetrazole rings is 1. The first-order valence-corrected chi connectivity index (χ1v) is 16.7. The smallest absolute Gasteiger partial charge is 0.247 e. The van der Waals surface area contributed by atoms with E-state index in [0.29, 0.717) is 56.5 Å². The molecule has 258 valence electrons. The van der Waals surface area contributed by atoms with Crippen LogP contribution in [-0.4, -0.2) is 64.1 Å². The summed E-state index contributed by atoms with van der Waals surface area (Å²) in [6.45, 7) is 1.83. The van der Waals surface area contributed by atoms with Gasteiger partial charge in [0, 0.05) is 54.0 Å². The van der Waals surface area contributed by atoms with Gasteiger partial charge in [0.15, 0.2) is 0 Å². The van der Waals surface area contributed by atoms with Crippen LogP contribution >= 0.6 is 12.4 Å². The van der Waals surface area contributed by atoms with Crippen molar-refractivity contribution in [2.24, 2.45) is 23.5 Å². The predicted octanol–water partition coefficient (Wildman–Crippen LogP) is 4.75. The highest BCUT2D eigenvalue weighted by Crippen LogP contribution is 2.31. The van der Waals surface area contributed by atoms with Crippen LogP contribution in [0.3, 0.4) is 0 Å². The largest absolute Gasteiger partial charge is 0.381 e. The second kappa shape index (κ2) is 17.1. The maximum atomic E-state index is 13.7. The van der Waals surface area contributed by atoms with Crippen molar-refractivity contribution in [2.45, 2.75) is 51.0 Å². The highest BCUT2D eigenvalue weighted by Gasteiger charge is 2.29. The van der Waals surface area contributed by atoms with E-state index in [-0.39, 0.29) is 42.0 Å². The molecule has 1 aromatic heterocycles. The van der Waals surface area contributed by atoms with Crippen LogP contribution in [-0.2, 0) is 25.5 Å². The van der Waals surface area contributed by atoms with Gasteiger partial charge in [0.2, 0.25) is 23.5 Å². The van der Waals surface area contributed by atoms with E-state index >= 15 is 0 Å². The normalized spacial score (nSPS) is 18.5. The molecule has 49 heavy (non-hydrogen) atoms. The molecule has 1 aliphatic heterocycles. The number of benzene rings is 3. The molecular formula is C36H43ClN8O4. The van der Waals surface area contributed by atoms with Gasteiger partial charge in [-0.1, -0.05) is 42.5 Å². The Hall–Kier alpha value is -4.65. The van der Waals surface area contributed by atoms with Gasteiger partial charge in [-0.15, -0.1) is 22.6 Å². The van der Waals surface area contributed by atoms with Crippen molar-refractivity contribution in [3.63, 3.8) is 0 Å². The van der Waals surface area contributed by atoms with Crippen molar-refractivity contribution in [1.29, 1.82) is 0 Å². The molecule has 1 saturated heterocycles. The highest BCUT2D eigenvalue weighted by molar-refractivity contribution is 5.98. The third kappa shape index (κ3) is 9.28. The quantitative estimate of drug-likeness (QED) is 0.150. The van der Waals surface area contributed by atoms with E-state index in [4.69, 9.17) is 10.5 Å². The first kappa shape index (κ1) is 35.7. The molecular weight excluding hydrogens is 644 g/mol. The fourth-order valence-electron chi connectivity index (χ4n) is 6.47. The first-order chi connectivity index (χ1) is 23.5. The Bertz CT molecular complexity index is 1670. The van der Waals surface area contributed by atoms with Gasteiger partial charge in [0.25, 0.3) is 0 Å². The second-order valence-electron chi connectivity index (χ2n) is 12.6. The van der Waals surface area contributed by atoms with Crippen LogP contribution in [0.5, 0.6) is 0 Å². The fraction of sp³-hybridized carbons (Fsp3) is 0.389. The number of H-pyrrole nitrogens is 1. The molecule has 12 nitrogen and oxygen atoms in total. The average Bonchev–Trinajstić information content (AvgIpc) is 3.68. The molecule has 3 aromatic carbocycles. The number of aromatic nitrogens is 4. The minimum Gasteiger partial charge on any atom is -0.381 e. The lowest BCUT2D eigenvalue weighted by Crippen LogP contribution is -2.48. The summed E-state index contributed by atoms with van der Waals surface area (Å²) in [4.78, 5) is 40.1. The number of rotatable bonds is 11. The summed E-state index contributed by atoms with van der Waals surface area (Å²) in [7, 11) is 0. The van der Waals surface area contributed by atoms with Crippen LogP contribution in [0.4, 0.5) is 11.4 Å². The first-order valence-electron chi connectivity index (χ1n) is 16.7. The Kier molecular flexibility index (Phi) is 12.5. The summed E-state index contributed by atoms with van der Waals surface area (Å²) >= 11 is 0. The molecule has 2 heterocycles. The number of aromatic amines is 1. The van der Waals surface area contributed by atoms with Crippen molar-refractivity contribution >= 4 is 41.5 Å². The van der Waals surface area contributed by atoms with Gasteiger partial charge in [-0.3, -0.25) is 14.4 Å². The Morgan fingerprint density at radius 2 is 1.49 bits per heavy atom. The van der Waals surface area contributed by atoms with Gasteiger partial charge in [0.1, 0.15) is 6.04 Å². The number of halogens is 1. The molecule has 2 fully saturated rings. The molecule has 2 aliphatic rings. The van der Waals surface area contributed by atoms with Crippen molar-refractivity contribution in [3.05, 3.63) is 78.4 Å². The highest BCUT2D eigenvalue weighted by atomic mass is 35.5. The molecule has 3 amide bonds. The molecule has 6 N–H and O–H groups in total. The van der Waals surface area contributed by atoms with Gasteiger partial charge >= 0.3 is 0 Å². The van der Waals surface area contributed by atoms with Gasteiger partial charge < -0.3 is 26.4 Å². The van der Waals surface area contributed by atoms with Crippen LogP contribution in [0.25, 0.3) is 22.5 Å². The van der Waals surface area contributed by atoms with E-state index in [1.165, 1.54) is 0 Å². The summed E-state index contributed by atoms with van der Waals surface area (Å²) in [5.74, 6) is 0.282. The maximum absolute atomic E-state index is 13.7. The molecule has 6 rings (SSSR count). The van der Waals surface area contributed by atoms with E-state index in [9.17, 15) is 14.4 Å². The van der Waals surface area contributed by atoms with Crippen LogP contribution in [0.1, 0.15) is 44.1 Å². The fourth-order valence-corrected chi connectivity index (χ4v) is 6.47. The Labute approximate surface area is 291 Å². The Morgan fingerprint density at radius 3 is 2.16 bits per heavy atom. The molecule has 1 saturated carbocycles. The van der Waals surface area contributed by atoms with Crippen LogP contribution in [0.2, 0.25) is 0 Å². The summed E-state index contributed by atoms with van der Waals surface area (Å²) in [5, 5.41) is 23.1. The third-order valence-electron chi connectivity index (χ3n) is 9.42.